The van der Waals surface area contributed by atoms with Gasteiger partial charge in [-0.2, -0.15) is 0 Å². The van der Waals surface area contributed by atoms with Crippen LogP contribution in [0.15, 0.2) is 48.5 Å². The predicted octanol–water partition coefficient (Wildman–Crippen LogP) is 3.48. The lowest BCUT2D eigenvalue weighted by Gasteiger charge is -2.20. The number of ketones is 2. The van der Waals surface area contributed by atoms with Gasteiger partial charge in [0.2, 0.25) is 5.78 Å². The summed E-state index contributed by atoms with van der Waals surface area (Å²) in [5.74, 6) is -3.03. The zero-order valence-electron chi connectivity index (χ0n) is 14.6. The Hall–Kier alpha value is -3.84. The number of benzene rings is 3. The number of aromatic hydroxyl groups is 3. The Balaban J connectivity index is 1.76. The number of amides is 1. The summed E-state index contributed by atoms with van der Waals surface area (Å²) in [4.78, 5) is 38.1. The number of phenols is 3. The molecule has 29 heavy (non-hydrogen) atoms. The van der Waals surface area contributed by atoms with Gasteiger partial charge in [-0.3, -0.25) is 14.4 Å². The topological polar surface area (TPSA) is 124 Å². The lowest BCUT2D eigenvalue weighted by Crippen LogP contribution is -2.22. The summed E-state index contributed by atoms with van der Waals surface area (Å²) in [7, 11) is 0. The van der Waals surface area contributed by atoms with Crippen LogP contribution in [0.1, 0.15) is 42.2 Å². The molecule has 0 aromatic heterocycles. The first-order valence-electron chi connectivity index (χ1n) is 8.36. The Labute approximate surface area is 168 Å². The maximum Gasteiger partial charge on any atom is 0.255 e. The predicted molar refractivity (Wildman–Crippen MR) is 104 cm³/mol. The number of nitrogens with one attached hydrogen (secondary N) is 1. The van der Waals surface area contributed by atoms with Crippen molar-refractivity contribution >= 4 is 34.8 Å². The Bertz CT molecular complexity index is 1230. The molecule has 4 rings (SSSR count). The second-order valence-electron chi connectivity index (χ2n) is 6.40. The molecule has 1 aliphatic carbocycles. The lowest BCUT2D eigenvalue weighted by molar-refractivity contribution is 0.0972. The minimum atomic E-state index is -0.706. The van der Waals surface area contributed by atoms with Crippen molar-refractivity contribution in [3.05, 3.63) is 81.4 Å². The highest BCUT2D eigenvalue weighted by molar-refractivity contribution is 6.32. The third kappa shape index (κ3) is 2.97. The van der Waals surface area contributed by atoms with Gasteiger partial charge in [0.25, 0.3) is 5.91 Å². The molecule has 8 heteroatoms. The molecule has 0 radical (unpaired) electrons. The van der Waals surface area contributed by atoms with Crippen LogP contribution >= 0.6 is 11.6 Å². The van der Waals surface area contributed by atoms with Crippen molar-refractivity contribution in [2.45, 2.75) is 0 Å². The number of halogens is 1. The minimum Gasteiger partial charge on any atom is -0.507 e. The summed E-state index contributed by atoms with van der Waals surface area (Å²) in [6.07, 6.45) is 0. The van der Waals surface area contributed by atoms with Crippen LogP contribution in [0.3, 0.4) is 0 Å². The van der Waals surface area contributed by atoms with Crippen LogP contribution in [0.5, 0.6) is 17.2 Å². The van der Waals surface area contributed by atoms with Gasteiger partial charge in [-0.15, -0.1) is 0 Å². The van der Waals surface area contributed by atoms with Crippen molar-refractivity contribution in [2.75, 3.05) is 5.32 Å². The molecule has 7 nitrogen and oxygen atoms in total. The third-order valence-corrected chi connectivity index (χ3v) is 4.87. The molecule has 0 atom stereocenters. The SMILES string of the molecule is O=C(Nc1ccc(O)c(Cl)c1)c1cc(O)c2c(c1)C(=O)c1cccc(O)c1C2=O. The van der Waals surface area contributed by atoms with Gasteiger partial charge >= 0.3 is 0 Å². The molecule has 3 aromatic rings. The standard InChI is InChI=1S/C21H12ClNO6/c22-13-8-10(4-5-14(13)24)23-21(29)9-6-12-18(16(26)7-9)20(28)17-11(19(12)27)2-1-3-15(17)25/h1-8,24-26H,(H,23,29). The molecule has 0 spiro atoms. The molecule has 0 fully saturated rings. The quantitative estimate of drug-likeness (QED) is 0.376. The molecular formula is C21H12ClNO6. The van der Waals surface area contributed by atoms with Crippen molar-refractivity contribution in [3.8, 4) is 17.2 Å². The van der Waals surface area contributed by atoms with Gasteiger partial charge in [-0.1, -0.05) is 23.7 Å². The molecule has 0 aliphatic heterocycles. The van der Waals surface area contributed by atoms with Crippen molar-refractivity contribution in [3.63, 3.8) is 0 Å². The van der Waals surface area contributed by atoms with E-state index in [9.17, 15) is 29.7 Å². The summed E-state index contributed by atoms with van der Waals surface area (Å²) in [6.45, 7) is 0. The molecule has 0 unspecified atom stereocenters. The molecule has 144 valence electrons. The van der Waals surface area contributed by atoms with Gasteiger partial charge in [0.1, 0.15) is 17.2 Å². The Morgan fingerprint density at radius 2 is 1.52 bits per heavy atom. The smallest absolute Gasteiger partial charge is 0.255 e. The van der Waals surface area contributed by atoms with Gasteiger partial charge < -0.3 is 20.6 Å². The molecular weight excluding hydrogens is 398 g/mol. The second-order valence-corrected chi connectivity index (χ2v) is 6.80. The Morgan fingerprint density at radius 1 is 0.793 bits per heavy atom. The number of anilines is 1. The number of carbonyl (C=O) groups is 3. The largest absolute Gasteiger partial charge is 0.507 e. The van der Waals surface area contributed by atoms with E-state index in [1.54, 1.807) is 0 Å². The van der Waals surface area contributed by atoms with E-state index in [4.69, 9.17) is 11.6 Å². The van der Waals surface area contributed by atoms with E-state index in [1.807, 2.05) is 0 Å². The van der Waals surface area contributed by atoms with Crippen LogP contribution in [0.2, 0.25) is 5.02 Å². The number of hydrogen-bond acceptors (Lipinski definition) is 6. The van der Waals surface area contributed by atoms with E-state index in [2.05, 4.69) is 5.32 Å². The zero-order chi connectivity index (χ0) is 20.9. The average molecular weight is 410 g/mol. The summed E-state index contributed by atoms with van der Waals surface area (Å²) >= 11 is 5.82. The number of hydrogen-bond donors (Lipinski definition) is 4. The zero-order valence-corrected chi connectivity index (χ0v) is 15.3. The van der Waals surface area contributed by atoms with Crippen molar-refractivity contribution in [1.29, 1.82) is 0 Å². The van der Waals surface area contributed by atoms with Crippen molar-refractivity contribution < 1.29 is 29.7 Å². The van der Waals surface area contributed by atoms with Crippen LogP contribution in [-0.4, -0.2) is 32.8 Å². The molecule has 1 aliphatic rings. The fraction of sp³-hybridized carbons (Fsp3) is 0. The molecule has 4 N–H and O–H groups in total. The van der Waals surface area contributed by atoms with E-state index in [0.717, 1.165) is 6.07 Å². The van der Waals surface area contributed by atoms with Crippen LogP contribution in [0.25, 0.3) is 0 Å². The van der Waals surface area contributed by atoms with Crippen LogP contribution in [0.4, 0.5) is 5.69 Å². The summed E-state index contributed by atoms with van der Waals surface area (Å²) in [5.41, 5.74) is -0.376. The number of phenolic OH excluding ortho intramolecular Hbond substituents is 3. The third-order valence-electron chi connectivity index (χ3n) is 4.57. The fourth-order valence-electron chi connectivity index (χ4n) is 3.20. The van der Waals surface area contributed by atoms with Crippen LogP contribution in [-0.2, 0) is 0 Å². The van der Waals surface area contributed by atoms with Crippen molar-refractivity contribution in [2.24, 2.45) is 0 Å². The van der Waals surface area contributed by atoms with Gasteiger partial charge in [0.05, 0.1) is 16.1 Å². The minimum absolute atomic E-state index is 0.00947. The van der Waals surface area contributed by atoms with E-state index < -0.39 is 23.2 Å². The number of fused-ring (bicyclic) bond motifs is 2. The van der Waals surface area contributed by atoms with Crippen LogP contribution < -0.4 is 5.32 Å². The summed E-state index contributed by atoms with van der Waals surface area (Å²) in [6, 6.07) is 10.4. The highest BCUT2D eigenvalue weighted by Crippen LogP contribution is 2.37. The first-order valence-corrected chi connectivity index (χ1v) is 8.74. The second kappa shape index (κ2) is 6.65. The molecule has 0 bridgehead atoms. The lowest BCUT2D eigenvalue weighted by atomic mass is 9.82. The average Bonchev–Trinajstić information content (AvgIpc) is 2.68. The molecule has 3 aromatic carbocycles. The summed E-state index contributed by atoms with van der Waals surface area (Å²) in [5, 5.41) is 32.3. The molecule has 0 heterocycles. The molecule has 0 saturated heterocycles. The maximum absolute atomic E-state index is 12.8. The molecule has 0 saturated carbocycles. The first kappa shape index (κ1) is 18.5. The molecule has 1 amide bonds. The number of carbonyl (C=O) groups excluding carboxylic acids is 3. The fourth-order valence-corrected chi connectivity index (χ4v) is 3.38. The van der Waals surface area contributed by atoms with E-state index in [0.29, 0.717) is 0 Å². The highest BCUT2D eigenvalue weighted by atomic mass is 35.5. The van der Waals surface area contributed by atoms with E-state index in [-0.39, 0.29) is 50.0 Å². The monoisotopic (exact) mass is 409 g/mol. The Kier molecular flexibility index (Phi) is 4.24. The van der Waals surface area contributed by atoms with Crippen LogP contribution in [0, 0.1) is 0 Å². The van der Waals surface area contributed by atoms with Crippen molar-refractivity contribution in [1.82, 2.24) is 0 Å². The van der Waals surface area contributed by atoms with Gasteiger partial charge in [-0.05, 0) is 36.4 Å². The summed E-state index contributed by atoms with van der Waals surface area (Å²) < 4.78 is 0. The normalized spacial score (nSPS) is 12.3. The maximum atomic E-state index is 12.8. The first-order chi connectivity index (χ1) is 13.8. The Morgan fingerprint density at radius 3 is 2.24 bits per heavy atom. The highest BCUT2D eigenvalue weighted by Gasteiger charge is 2.35. The van der Waals surface area contributed by atoms with Gasteiger partial charge in [0.15, 0.2) is 5.78 Å². The van der Waals surface area contributed by atoms with Gasteiger partial charge in [0, 0.05) is 22.4 Å². The van der Waals surface area contributed by atoms with E-state index >= 15 is 0 Å². The van der Waals surface area contributed by atoms with E-state index in [1.165, 1.54) is 42.5 Å². The number of rotatable bonds is 2. The van der Waals surface area contributed by atoms with Gasteiger partial charge in [-0.25, -0.2) is 0 Å².